The van der Waals surface area contributed by atoms with Gasteiger partial charge >= 0.3 is 25.7 Å². The lowest BCUT2D eigenvalue weighted by Gasteiger charge is -2.40. The third-order valence-corrected chi connectivity index (χ3v) is 29.5. The minimum absolute atomic E-state index is 0.0739. The number of halogens is 12. The lowest BCUT2D eigenvalue weighted by atomic mass is 9.89. The van der Waals surface area contributed by atoms with Crippen LogP contribution >= 0.6 is 43.1 Å². The van der Waals surface area contributed by atoms with E-state index in [0.717, 1.165) is 145 Å². The summed E-state index contributed by atoms with van der Waals surface area (Å²) in [5.41, 5.74) is -11.0. The van der Waals surface area contributed by atoms with E-state index < -0.39 is 252 Å². The first-order valence-corrected chi connectivity index (χ1v) is 49.8. The van der Waals surface area contributed by atoms with Crippen LogP contribution in [0.5, 0.6) is 0 Å². The van der Waals surface area contributed by atoms with Crippen LogP contribution in [0.2, 0.25) is 0 Å². The summed E-state index contributed by atoms with van der Waals surface area (Å²) in [6.45, 7) is -1.23. The van der Waals surface area contributed by atoms with Gasteiger partial charge in [-0.05, 0) is 165 Å². The van der Waals surface area contributed by atoms with E-state index in [1.165, 1.54) is 163 Å². The molecule has 28 nitrogen and oxygen atoms in total. The first-order valence-electron chi connectivity index (χ1n) is 45.5. The Morgan fingerprint density at radius 1 is 0.376 bits per heavy atom. The van der Waals surface area contributed by atoms with E-state index in [9.17, 15) is 29.0 Å². The third kappa shape index (κ3) is 27.9. The number of allylic oxidation sites excluding steroid dienone is 6. The molecule has 12 aromatic rings. The van der Waals surface area contributed by atoms with Gasteiger partial charge in [0.15, 0.2) is 35.7 Å². The predicted molar refractivity (Wildman–Crippen MR) is 519 cm³/mol. The molecule has 3 aliphatic heterocycles. The summed E-state index contributed by atoms with van der Waals surface area (Å²) in [4.78, 5) is 59.3. The number of carbonyl (C=O) groups excluding carboxylic acids is 3. The summed E-state index contributed by atoms with van der Waals surface area (Å²) in [6.07, 6.45) is 22.1. The molecule has 0 N–H and O–H groups in total. The lowest BCUT2D eigenvalue weighted by Crippen LogP contribution is -2.47. The maximum Gasteiger partial charge on any atom is 0.475 e. The zero-order chi connectivity index (χ0) is 106. The molecule has 6 heterocycles. The van der Waals surface area contributed by atoms with Gasteiger partial charge in [-0.15, -0.1) is 35.3 Å². The Hall–Kier alpha value is -14.2. The number of nitriles is 3. The van der Waals surface area contributed by atoms with Crippen molar-refractivity contribution in [2.45, 2.75) is 127 Å². The average molecular weight is 2130 g/mol. The smallest absolute Gasteiger partial charge is 0.447 e. The minimum atomic E-state index is -5.74. The molecule has 3 aliphatic rings. The van der Waals surface area contributed by atoms with Crippen LogP contribution < -0.4 is 0 Å². The van der Waals surface area contributed by atoms with Crippen LogP contribution in [0.3, 0.4) is 0 Å². The molecule has 15 rings (SSSR count). The van der Waals surface area contributed by atoms with Crippen LogP contribution in [-0.4, -0.2) is 152 Å². The number of hydrogen-bond acceptors (Lipinski definition) is 28. The summed E-state index contributed by atoms with van der Waals surface area (Å²) < 4.78 is 285. The average Bonchev–Trinajstić information content (AvgIpc) is 1.50. The van der Waals surface area contributed by atoms with Crippen molar-refractivity contribution < 1.29 is 128 Å². The lowest BCUT2D eigenvalue weighted by molar-refractivity contribution is -0.146. The predicted octanol–water partition coefficient (Wildman–Crippen LogP) is 20.5. The van der Waals surface area contributed by atoms with Gasteiger partial charge in [0.25, 0.3) is 0 Å². The number of benzene rings is 9. The van der Waals surface area contributed by atoms with Crippen molar-refractivity contribution in [3.63, 3.8) is 0 Å². The first-order chi connectivity index (χ1) is 71.8. The van der Waals surface area contributed by atoms with E-state index in [-0.39, 0.29) is 73.0 Å². The molecule has 6 atom stereocenters. The number of hydrogen-bond donors (Lipinski definition) is 0. The number of aromatic nitrogens is 9. The van der Waals surface area contributed by atoms with Crippen molar-refractivity contribution in [3.8, 4) is 18.2 Å². The van der Waals surface area contributed by atoms with E-state index in [0.29, 0.717) is 36.4 Å². The number of phosphoric ester groups is 1. The number of ether oxygens (including phenoxy) is 9. The number of phosphoric acid groups is 1. The Balaban J connectivity index is 0.749. The molecule has 149 heavy (non-hydrogen) atoms. The van der Waals surface area contributed by atoms with Gasteiger partial charge in [0, 0.05) is 67.3 Å². The molecule has 44 heteroatoms. The first kappa shape index (κ1) is 109. The highest BCUT2D eigenvalue weighted by Crippen LogP contribution is 2.54. The molecule has 0 saturated carbocycles. The van der Waals surface area contributed by atoms with Crippen molar-refractivity contribution in [1.29, 1.82) is 15.8 Å². The summed E-state index contributed by atoms with van der Waals surface area (Å²) in [5, 5.41) is 34.8. The van der Waals surface area contributed by atoms with Gasteiger partial charge in [-0.1, -0.05) is 91.1 Å². The van der Waals surface area contributed by atoms with E-state index in [1.54, 1.807) is 0 Å². The van der Waals surface area contributed by atoms with Gasteiger partial charge < -0.3 is 42.6 Å². The fraction of sp³-hybridized carbons (Fsp3) is 0.257. The zero-order valence-corrected chi connectivity index (χ0v) is 82.1. The molecular formula is C105H87F12N12O16PS3. The molecule has 0 unspecified atom stereocenters. The summed E-state index contributed by atoms with van der Waals surface area (Å²) >= 11 is 3.16. The van der Waals surface area contributed by atoms with Gasteiger partial charge in [0.1, 0.15) is 108 Å². The highest BCUT2D eigenvalue weighted by Gasteiger charge is 2.52. The van der Waals surface area contributed by atoms with Crippen LogP contribution in [0, 0.1) is 104 Å². The van der Waals surface area contributed by atoms with E-state index in [4.69, 9.17) is 56.2 Å². The van der Waals surface area contributed by atoms with E-state index in [2.05, 4.69) is 30.2 Å². The standard InChI is InChI=1S/C105H87F12N12O16PS3/c1-64(147-82-49-134-97(135-50-82)13-7-4-10-70-19-16-67(43-118)34-91(70)112)103(55-127-61-121-58-124-127,88-31-28-79(109)40-94(88)115)143-100(130)85-37-76(106)25-22-73(85)46-140-146(133,141-47-74-23-26-77(107)38-86(74)101(131)144-104(56-128-62-122-59-125-128,89-32-29-80(110)41-95(89)116)65(2)148-83-51-136-98(137-52-83)14-8-5-11-71-20-17-68(44-119)35-92(71)113)142-48-75-24-27-78(108)39-87(75)102(132)145-105(57-129-63-123-60-126-129,90-33-30-81(111)42-96(90)117)66(3)149-84-53-138-99(139-54-84)15-9-6-12-72-21-18-69(45-120)36-93(72)114/h4-42,58-66,82-84,97-99H,46-57H2,1-3H3/b10-4+,11-5+,12-6+,13-7+,14-8+,15-9+/t64-,65-,66-,82-,83-,84-,97-,98-,99-,103-,104-,105-/m1/s1. The Bertz CT molecular complexity index is 6520. The Morgan fingerprint density at radius 3 is 0.879 bits per heavy atom. The number of nitrogens with zero attached hydrogens (tertiary/aromatic N) is 12. The van der Waals surface area contributed by atoms with E-state index in [1.807, 2.05) is 18.2 Å². The summed E-state index contributed by atoms with van der Waals surface area (Å²) in [6, 6.07) is 32.2. The zero-order valence-electron chi connectivity index (χ0n) is 78.8. The number of esters is 3. The maximum absolute atomic E-state index is 17.1. The van der Waals surface area contributed by atoms with Gasteiger partial charge in [-0.25, -0.2) is 101 Å². The number of carbonyl (C=O) groups is 3. The third-order valence-electron chi connectivity index (χ3n) is 23.8. The highest BCUT2D eigenvalue weighted by atomic mass is 32.2. The molecule has 0 aliphatic carbocycles. The second-order valence-corrected chi connectivity index (χ2v) is 40.3. The normalized spacial score (nSPS) is 18.6. The van der Waals surface area contributed by atoms with Crippen molar-refractivity contribution in [2.75, 3.05) is 39.6 Å². The fourth-order valence-electron chi connectivity index (χ4n) is 16.2. The Kier molecular flexibility index (Phi) is 36.7. The van der Waals surface area contributed by atoms with Crippen LogP contribution in [-0.2, 0) is 117 Å². The molecule has 0 radical (unpaired) electrons. The summed E-state index contributed by atoms with van der Waals surface area (Å²) in [5.74, 6) is -16.6. The van der Waals surface area contributed by atoms with Crippen molar-refractivity contribution in [2.24, 2.45) is 0 Å². The molecule has 3 saturated heterocycles. The Morgan fingerprint density at radius 2 is 0.638 bits per heavy atom. The SMILES string of the molecule is C[C@@H](S[C@H]1CO[C@H](/C=C/C=C/c2ccc(C#N)cc2F)OC1)[C@@](Cn1cncn1)(OC(=O)c1cc(F)ccc1COP(=O)(OCc1ccc(F)cc1C(=O)O[C@@](Cn1cncn1)(c1ccc(F)cc1F)[C@@H](C)S[C@H]1CO[C@H](/C=C/C=C/c2ccc(C#N)cc2F)OC1)OCc1ccc(F)cc1C(=O)O[C@@](Cn1cncn1)(c1ccc(F)cc1F)[C@@H](C)S[C@H]1CO[C@H](/C=C/C=C/c2ccc(C#N)cc2F)OC1)c1ccc(F)cc1F. The van der Waals surface area contributed by atoms with Crippen LogP contribution in [0.1, 0.15) is 119 Å². The van der Waals surface area contributed by atoms with Gasteiger partial charge in [0.2, 0.25) is 0 Å². The van der Waals surface area contributed by atoms with Crippen molar-refractivity contribution >= 4 is 79.2 Å². The largest absolute Gasteiger partial charge is 0.475 e. The van der Waals surface area contributed by atoms with Gasteiger partial charge in [-0.2, -0.15) is 31.1 Å². The van der Waals surface area contributed by atoms with E-state index >= 15 is 58.5 Å². The monoisotopic (exact) mass is 2130 g/mol. The number of rotatable bonds is 42. The molecule has 770 valence electrons. The molecule has 3 aromatic heterocycles. The molecule has 0 bridgehead atoms. The fourth-order valence-corrected chi connectivity index (χ4v) is 21.4. The van der Waals surface area contributed by atoms with Crippen molar-refractivity contribution in [1.82, 2.24) is 44.3 Å². The minimum Gasteiger partial charge on any atom is -0.447 e. The van der Waals surface area contributed by atoms with Crippen molar-refractivity contribution in [3.05, 3.63) is 410 Å². The molecule has 9 aromatic carbocycles. The van der Waals surface area contributed by atoms with Gasteiger partial charge in [-0.3, -0.25) is 13.6 Å². The molecular weight excluding hydrogens is 2040 g/mol. The van der Waals surface area contributed by atoms with Crippen LogP contribution in [0.25, 0.3) is 18.2 Å². The Labute approximate surface area is 857 Å². The second kappa shape index (κ2) is 50.2. The molecule has 0 amide bonds. The topological polar surface area (TPSA) is 343 Å². The summed E-state index contributed by atoms with van der Waals surface area (Å²) in [7, 11) is -5.74. The maximum atomic E-state index is 17.1. The number of thioether (sulfide) groups is 3. The van der Waals surface area contributed by atoms with Crippen LogP contribution in [0.4, 0.5) is 52.7 Å². The second-order valence-electron chi connectivity index (χ2n) is 33.7. The quantitative estimate of drug-likeness (QED) is 0.0113. The van der Waals surface area contributed by atoms with Crippen LogP contribution in [0.15, 0.2) is 256 Å². The van der Waals surface area contributed by atoms with Gasteiger partial charge in [0.05, 0.1) is 146 Å². The molecule has 3 fully saturated rings. The highest BCUT2D eigenvalue weighted by molar-refractivity contribution is 8.01. The molecule has 0 spiro atoms.